The molecule has 4 nitrogen and oxygen atoms in total. The summed E-state index contributed by atoms with van der Waals surface area (Å²) in [6.45, 7) is 4.17. The van der Waals surface area contributed by atoms with Gasteiger partial charge in [0.25, 0.3) is 0 Å². The van der Waals surface area contributed by atoms with Crippen molar-refractivity contribution in [2.75, 3.05) is 10.6 Å². The van der Waals surface area contributed by atoms with Crippen molar-refractivity contribution < 1.29 is 0 Å². The van der Waals surface area contributed by atoms with Crippen LogP contribution in [0.3, 0.4) is 0 Å². The van der Waals surface area contributed by atoms with Gasteiger partial charge in [-0.2, -0.15) is 10.5 Å². The molecule has 0 unspecified atom stereocenters. The van der Waals surface area contributed by atoms with Crippen LogP contribution < -0.4 is 10.6 Å². The van der Waals surface area contributed by atoms with Crippen molar-refractivity contribution in [1.29, 1.82) is 10.5 Å². The van der Waals surface area contributed by atoms with E-state index < -0.39 is 0 Å². The van der Waals surface area contributed by atoms with Crippen LogP contribution >= 0.6 is 0 Å². The standard InChI is InChI=1S/C19H20N4/c1-3-16-10-14(5-7-18(16)22-12-20)9-15-6-8-19(23-13-21)17(4-2)11-15/h5-8,10-11,22-23H,3-4,9H2,1-2H3. The molecule has 0 aliphatic carbocycles. The van der Waals surface area contributed by atoms with E-state index in [1.54, 1.807) is 0 Å². The first-order chi connectivity index (χ1) is 11.2. The van der Waals surface area contributed by atoms with Crippen LogP contribution in [0.2, 0.25) is 0 Å². The molecule has 4 heteroatoms. The van der Waals surface area contributed by atoms with Crippen molar-refractivity contribution in [2.24, 2.45) is 0 Å². The Morgan fingerprint density at radius 3 is 1.57 bits per heavy atom. The number of aryl methyl sites for hydroxylation is 2. The summed E-state index contributed by atoms with van der Waals surface area (Å²) in [5, 5.41) is 23.0. The Kier molecular flexibility index (Phi) is 5.61. The molecule has 0 aromatic heterocycles. The lowest BCUT2D eigenvalue weighted by Crippen LogP contribution is -1.98. The number of rotatable bonds is 6. The van der Waals surface area contributed by atoms with Crippen LogP contribution in [0, 0.1) is 22.9 Å². The molecule has 116 valence electrons. The van der Waals surface area contributed by atoms with Gasteiger partial charge in [-0.25, -0.2) is 0 Å². The zero-order valence-corrected chi connectivity index (χ0v) is 13.5. The Bertz CT molecular complexity index is 700. The molecule has 0 atom stereocenters. The second-order valence-electron chi connectivity index (χ2n) is 5.34. The number of hydrogen-bond donors (Lipinski definition) is 2. The monoisotopic (exact) mass is 304 g/mol. The van der Waals surface area contributed by atoms with Gasteiger partial charge in [0.2, 0.25) is 0 Å². The normalized spacial score (nSPS) is 9.74. The molecule has 2 aromatic carbocycles. The zero-order chi connectivity index (χ0) is 16.7. The van der Waals surface area contributed by atoms with Crippen molar-refractivity contribution in [3.8, 4) is 12.4 Å². The second kappa shape index (κ2) is 7.87. The van der Waals surface area contributed by atoms with Crippen molar-refractivity contribution in [2.45, 2.75) is 33.1 Å². The Hall–Kier alpha value is -2.98. The number of nitriles is 2. The molecule has 23 heavy (non-hydrogen) atoms. The summed E-state index contributed by atoms with van der Waals surface area (Å²) in [4.78, 5) is 0. The average Bonchev–Trinajstić information content (AvgIpc) is 2.58. The fourth-order valence-electron chi connectivity index (χ4n) is 2.70. The van der Waals surface area contributed by atoms with Gasteiger partial charge in [0.1, 0.15) is 0 Å². The van der Waals surface area contributed by atoms with E-state index in [1.807, 2.05) is 36.7 Å². The fourth-order valence-corrected chi connectivity index (χ4v) is 2.70. The third kappa shape index (κ3) is 4.02. The minimum Gasteiger partial charge on any atom is -0.293 e. The maximum Gasteiger partial charge on any atom is 0.181 e. The Morgan fingerprint density at radius 1 is 0.783 bits per heavy atom. The lowest BCUT2D eigenvalue weighted by Gasteiger charge is -2.11. The predicted molar refractivity (Wildman–Crippen MR) is 92.9 cm³/mol. The van der Waals surface area contributed by atoms with E-state index in [0.717, 1.165) is 41.8 Å². The van der Waals surface area contributed by atoms with Crippen molar-refractivity contribution in [3.05, 3.63) is 58.7 Å². The Morgan fingerprint density at radius 2 is 1.22 bits per heavy atom. The SMILES string of the molecule is CCc1cc(Cc2ccc(NC#N)c(CC)c2)ccc1NC#N. The molecule has 2 rings (SSSR count). The van der Waals surface area contributed by atoms with Gasteiger partial charge >= 0.3 is 0 Å². The number of nitrogens with one attached hydrogen (secondary N) is 2. The highest BCUT2D eigenvalue weighted by Gasteiger charge is 2.06. The largest absolute Gasteiger partial charge is 0.293 e. The van der Waals surface area contributed by atoms with Gasteiger partial charge < -0.3 is 0 Å². The average molecular weight is 304 g/mol. The summed E-state index contributed by atoms with van der Waals surface area (Å²) in [5.41, 5.74) is 6.47. The van der Waals surface area contributed by atoms with E-state index in [0.29, 0.717) is 0 Å². The minimum absolute atomic E-state index is 0.833. The van der Waals surface area contributed by atoms with Crippen molar-refractivity contribution >= 4 is 11.4 Å². The van der Waals surface area contributed by atoms with E-state index in [4.69, 9.17) is 10.5 Å². The predicted octanol–water partition coefficient (Wildman–Crippen LogP) is 4.19. The van der Waals surface area contributed by atoms with E-state index in [9.17, 15) is 0 Å². The van der Waals surface area contributed by atoms with Gasteiger partial charge in [-0.15, -0.1) is 0 Å². The smallest absolute Gasteiger partial charge is 0.181 e. The van der Waals surface area contributed by atoms with E-state index in [2.05, 4.69) is 36.6 Å². The zero-order valence-electron chi connectivity index (χ0n) is 13.5. The molecule has 0 amide bonds. The quantitative estimate of drug-likeness (QED) is 0.620. The molecule has 0 radical (unpaired) electrons. The molecular weight excluding hydrogens is 284 g/mol. The summed E-state index contributed by atoms with van der Waals surface area (Å²) in [6, 6.07) is 12.3. The molecule has 0 spiro atoms. The summed E-state index contributed by atoms with van der Waals surface area (Å²) in [6.07, 6.45) is 6.54. The summed E-state index contributed by atoms with van der Waals surface area (Å²) in [5.74, 6) is 0. The van der Waals surface area contributed by atoms with Gasteiger partial charge in [0.15, 0.2) is 12.4 Å². The van der Waals surface area contributed by atoms with Crippen molar-refractivity contribution in [3.63, 3.8) is 0 Å². The number of hydrogen-bond acceptors (Lipinski definition) is 4. The molecular formula is C19H20N4. The molecule has 0 saturated heterocycles. The number of benzene rings is 2. The van der Waals surface area contributed by atoms with Crippen LogP contribution in [0.25, 0.3) is 0 Å². The molecule has 0 aliphatic heterocycles. The maximum absolute atomic E-state index is 8.78. The van der Waals surface area contributed by atoms with Crippen molar-refractivity contribution in [1.82, 2.24) is 0 Å². The van der Waals surface area contributed by atoms with Crippen LogP contribution in [0.1, 0.15) is 36.1 Å². The lowest BCUT2D eigenvalue weighted by molar-refractivity contribution is 1.09. The first kappa shape index (κ1) is 16.4. The Labute approximate surface area is 137 Å². The fraction of sp³-hybridized carbons (Fsp3) is 0.263. The van der Waals surface area contributed by atoms with Crippen LogP contribution in [0.4, 0.5) is 11.4 Å². The first-order valence-electron chi connectivity index (χ1n) is 7.75. The molecule has 0 fully saturated rings. The van der Waals surface area contributed by atoms with E-state index in [1.165, 1.54) is 11.1 Å². The van der Waals surface area contributed by atoms with Gasteiger partial charge in [-0.3, -0.25) is 10.6 Å². The van der Waals surface area contributed by atoms with Crippen LogP contribution in [-0.4, -0.2) is 0 Å². The third-order valence-corrected chi connectivity index (χ3v) is 3.89. The second-order valence-corrected chi connectivity index (χ2v) is 5.34. The lowest BCUT2D eigenvalue weighted by atomic mass is 9.98. The van der Waals surface area contributed by atoms with Crippen LogP contribution in [0.5, 0.6) is 0 Å². The highest BCUT2D eigenvalue weighted by atomic mass is 14.9. The summed E-state index contributed by atoms with van der Waals surface area (Å²) < 4.78 is 0. The molecule has 2 aromatic rings. The maximum atomic E-state index is 8.78. The molecule has 0 bridgehead atoms. The number of nitrogens with zero attached hydrogens (tertiary/aromatic N) is 2. The van der Waals surface area contributed by atoms with Gasteiger partial charge in [-0.05, 0) is 53.6 Å². The van der Waals surface area contributed by atoms with Gasteiger partial charge in [0.05, 0.1) is 11.4 Å². The molecule has 2 N–H and O–H groups in total. The van der Waals surface area contributed by atoms with Crippen LogP contribution in [-0.2, 0) is 19.3 Å². The molecule has 0 heterocycles. The summed E-state index contributed by atoms with van der Waals surface area (Å²) >= 11 is 0. The summed E-state index contributed by atoms with van der Waals surface area (Å²) in [7, 11) is 0. The van der Waals surface area contributed by atoms with E-state index in [-0.39, 0.29) is 0 Å². The van der Waals surface area contributed by atoms with E-state index >= 15 is 0 Å². The highest BCUT2D eigenvalue weighted by Crippen LogP contribution is 2.23. The molecule has 0 aliphatic rings. The van der Waals surface area contributed by atoms with Gasteiger partial charge in [0, 0.05) is 0 Å². The number of anilines is 2. The Balaban J connectivity index is 2.25. The topological polar surface area (TPSA) is 71.6 Å². The first-order valence-corrected chi connectivity index (χ1v) is 7.75. The third-order valence-electron chi connectivity index (χ3n) is 3.89. The molecule has 0 saturated carbocycles. The van der Waals surface area contributed by atoms with Crippen LogP contribution in [0.15, 0.2) is 36.4 Å². The highest BCUT2D eigenvalue weighted by molar-refractivity contribution is 5.57. The minimum atomic E-state index is 0.833. The van der Waals surface area contributed by atoms with Gasteiger partial charge in [-0.1, -0.05) is 38.1 Å².